The third-order valence-electron chi connectivity index (χ3n) is 7.20. The molecule has 1 aliphatic carbocycles. The van der Waals surface area contributed by atoms with Crippen LogP contribution in [0, 0.1) is 0 Å². The Balaban J connectivity index is 1.49. The maximum Gasteiger partial charge on any atom is 0.331 e. The lowest BCUT2D eigenvalue weighted by molar-refractivity contribution is -0.131. The second-order valence-corrected chi connectivity index (χ2v) is 9.79. The molecule has 3 aromatic carbocycles. The van der Waals surface area contributed by atoms with Gasteiger partial charge in [-0.15, -0.1) is 6.58 Å². The number of ether oxygens (including phenoxy) is 2. The molecule has 2 aliphatic rings. The summed E-state index contributed by atoms with van der Waals surface area (Å²) in [4.78, 5) is 39.7. The molecule has 4 amide bonds. The van der Waals surface area contributed by atoms with Gasteiger partial charge in [-0.2, -0.15) is 0 Å². The number of imide groups is 2. The van der Waals surface area contributed by atoms with Crippen LogP contribution in [-0.4, -0.2) is 35.4 Å². The van der Waals surface area contributed by atoms with Crippen molar-refractivity contribution >= 4 is 34.7 Å². The number of nitrogens with one attached hydrogen (secondary N) is 1. The van der Waals surface area contributed by atoms with Crippen LogP contribution in [0.25, 0.3) is 16.8 Å². The number of nitrogens with zero attached hydrogens (tertiary/aromatic N) is 1. The van der Waals surface area contributed by atoms with Crippen molar-refractivity contribution in [3.05, 3.63) is 89.5 Å². The van der Waals surface area contributed by atoms with Gasteiger partial charge in [0.15, 0.2) is 11.5 Å². The molecule has 39 heavy (non-hydrogen) atoms. The highest BCUT2D eigenvalue weighted by Crippen LogP contribution is 2.36. The minimum Gasteiger partial charge on any atom is -0.490 e. The molecule has 5 rings (SSSR count). The fourth-order valence-electron chi connectivity index (χ4n) is 5.40. The number of carbonyl (C=O) groups is 3. The summed E-state index contributed by atoms with van der Waals surface area (Å²) in [6.45, 7) is 6.52. The van der Waals surface area contributed by atoms with Gasteiger partial charge in [-0.1, -0.05) is 61.4 Å². The van der Waals surface area contributed by atoms with Gasteiger partial charge in [0.25, 0.3) is 11.8 Å². The second kappa shape index (κ2) is 11.6. The van der Waals surface area contributed by atoms with Gasteiger partial charge in [0.05, 0.1) is 6.61 Å². The normalized spacial score (nSPS) is 17.1. The zero-order valence-electron chi connectivity index (χ0n) is 22.1. The molecule has 7 nitrogen and oxygen atoms in total. The van der Waals surface area contributed by atoms with Crippen LogP contribution in [0.2, 0.25) is 0 Å². The van der Waals surface area contributed by atoms with E-state index in [9.17, 15) is 14.4 Å². The molecule has 200 valence electrons. The van der Waals surface area contributed by atoms with Gasteiger partial charge in [0, 0.05) is 11.6 Å². The molecule has 1 saturated carbocycles. The standard InChI is InChI=1S/C32H32N2O5/c1-3-10-23-17-21(18-27-30(35)33-32(37)34(31(27)36)25-14-6-7-15-25)19-28(38-4-2)29(23)39-20-24-13-9-12-22-11-5-8-16-26(22)24/h3,5,8-9,11-13,16-19,25H,1,4,6-7,10,14-15,20H2,2H3,(H,33,35,37)/b27-18+. The summed E-state index contributed by atoms with van der Waals surface area (Å²) < 4.78 is 12.3. The maximum atomic E-state index is 13.3. The fourth-order valence-corrected chi connectivity index (χ4v) is 5.40. The van der Waals surface area contributed by atoms with Gasteiger partial charge in [-0.05, 0) is 66.3 Å². The molecular weight excluding hydrogens is 492 g/mol. The Kier molecular flexibility index (Phi) is 7.77. The summed E-state index contributed by atoms with van der Waals surface area (Å²) in [5.74, 6) is -0.153. The van der Waals surface area contributed by atoms with E-state index in [1.807, 2.05) is 37.3 Å². The summed E-state index contributed by atoms with van der Waals surface area (Å²) in [7, 11) is 0. The Hall–Kier alpha value is -4.39. The summed E-state index contributed by atoms with van der Waals surface area (Å²) >= 11 is 0. The predicted molar refractivity (Wildman–Crippen MR) is 150 cm³/mol. The van der Waals surface area contributed by atoms with Crippen LogP contribution in [0.3, 0.4) is 0 Å². The number of urea groups is 1. The summed E-state index contributed by atoms with van der Waals surface area (Å²) in [6.07, 6.45) is 7.20. The Morgan fingerprint density at radius 1 is 1.00 bits per heavy atom. The Morgan fingerprint density at radius 3 is 2.54 bits per heavy atom. The molecule has 0 unspecified atom stereocenters. The van der Waals surface area contributed by atoms with E-state index >= 15 is 0 Å². The molecule has 0 atom stereocenters. The highest BCUT2D eigenvalue weighted by Gasteiger charge is 2.40. The topological polar surface area (TPSA) is 84.9 Å². The van der Waals surface area contributed by atoms with Crippen LogP contribution >= 0.6 is 0 Å². The largest absolute Gasteiger partial charge is 0.490 e. The van der Waals surface area contributed by atoms with Crippen molar-refractivity contribution in [3.63, 3.8) is 0 Å². The highest BCUT2D eigenvalue weighted by molar-refractivity contribution is 6.31. The first-order chi connectivity index (χ1) is 19.0. The van der Waals surface area contributed by atoms with Crippen LogP contribution in [0.1, 0.15) is 49.3 Å². The van der Waals surface area contributed by atoms with Crippen LogP contribution in [0.5, 0.6) is 11.5 Å². The number of allylic oxidation sites excluding steroid dienone is 1. The summed E-state index contributed by atoms with van der Waals surface area (Å²) in [6, 6.07) is 17.1. The molecule has 1 saturated heterocycles. The van der Waals surface area contributed by atoms with Crippen LogP contribution < -0.4 is 14.8 Å². The number of fused-ring (bicyclic) bond motifs is 1. The quantitative estimate of drug-likeness (QED) is 0.212. The monoisotopic (exact) mass is 524 g/mol. The Bertz CT molecular complexity index is 1460. The molecule has 1 aliphatic heterocycles. The van der Waals surface area contributed by atoms with Crippen LogP contribution in [0.4, 0.5) is 4.79 Å². The highest BCUT2D eigenvalue weighted by atomic mass is 16.5. The maximum absolute atomic E-state index is 13.3. The molecule has 0 radical (unpaired) electrons. The van der Waals surface area contributed by atoms with E-state index in [4.69, 9.17) is 9.47 Å². The third kappa shape index (κ3) is 5.43. The zero-order valence-corrected chi connectivity index (χ0v) is 22.1. The molecular formula is C32H32N2O5. The van der Waals surface area contributed by atoms with Crippen molar-refractivity contribution in [2.75, 3.05) is 6.61 Å². The minimum atomic E-state index is -0.696. The smallest absolute Gasteiger partial charge is 0.331 e. The SMILES string of the molecule is C=CCc1cc(/C=C2\C(=O)NC(=O)N(C3CCCC3)C2=O)cc(OCC)c1OCc1cccc2ccccc12. The van der Waals surface area contributed by atoms with Gasteiger partial charge < -0.3 is 9.47 Å². The minimum absolute atomic E-state index is 0.0714. The number of amides is 4. The first-order valence-electron chi connectivity index (χ1n) is 13.4. The molecule has 7 heteroatoms. The Morgan fingerprint density at radius 2 is 1.77 bits per heavy atom. The molecule has 3 aromatic rings. The first kappa shape index (κ1) is 26.2. The number of barbiturate groups is 1. The molecule has 1 heterocycles. The van der Waals surface area contributed by atoms with Crippen molar-refractivity contribution < 1.29 is 23.9 Å². The van der Waals surface area contributed by atoms with Gasteiger partial charge in [-0.25, -0.2) is 4.79 Å². The van der Waals surface area contributed by atoms with E-state index in [0.717, 1.165) is 47.6 Å². The number of benzene rings is 3. The van der Waals surface area contributed by atoms with E-state index in [0.29, 0.717) is 36.7 Å². The van der Waals surface area contributed by atoms with E-state index in [1.165, 1.54) is 11.0 Å². The number of hydrogen-bond acceptors (Lipinski definition) is 5. The molecule has 1 N–H and O–H groups in total. The summed E-state index contributed by atoms with van der Waals surface area (Å²) in [5.41, 5.74) is 2.40. The van der Waals surface area contributed by atoms with Crippen LogP contribution in [0.15, 0.2) is 72.8 Å². The van der Waals surface area contributed by atoms with Crippen molar-refractivity contribution in [2.24, 2.45) is 0 Å². The predicted octanol–water partition coefficient (Wildman–Crippen LogP) is 5.95. The van der Waals surface area contributed by atoms with E-state index < -0.39 is 17.8 Å². The van der Waals surface area contributed by atoms with Gasteiger partial charge in [0.1, 0.15) is 12.2 Å². The van der Waals surface area contributed by atoms with Crippen molar-refractivity contribution in [1.82, 2.24) is 10.2 Å². The second-order valence-electron chi connectivity index (χ2n) is 9.79. The molecule has 2 fully saturated rings. The lowest BCUT2D eigenvalue weighted by Crippen LogP contribution is -2.57. The molecule has 0 spiro atoms. The number of rotatable bonds is 9. The molecule has 0 bridgehead atoms. The van der Waals surface area contributed by atoms with Crippen molar-refractivity contribution in [1.29, 1.82) is 0 Å². The third-order valence-corrected chi connectivity index (χ3v) is 7.20. The lowest BCUT2D eigenvalue weighted by atomic mass is 10.0. The molecule has 0 aromatic heterocycles. The van der Waals surface area contributed by atoms with E-state index in [1.54, 1.807) is 12.1 Å². The average molecular weight is 525 g/mol. The lowest BCUT2D eigenvalue weighted by Gasteiger charge is -2.31. The zero-order chi connectivity index (χ0) is 27.4. The van der Waals surface area contributed by atoms with Gasteiger partial charge in [-0.3, -0.25) is 19.8 Å². The number of hydrogen-bond donors (Lipinski definition) is 1. The average Bonchev–Trinajstić information content (AvgIpc) is 3.45. The fraction of sp³-hybridized carbons (Fsp3) is 0.281. The van der Waals surface area contributed by atoms with Crippen molar-refractivity contribution in [3.8, 4) is 11.5 Å². The van der Waals surface area contributed by atoms with E-state index in [-0.39, 0.29) is 11.6 Å². The van der Waals surface area contributed by atoms with E-state index in [2.05, 4.69) is 30.1 Å². The van der Waals surface area contributed by atoms with Crippen molar-refractivity contribution in [2.45, 2.75) is 51.7 Å². The van der Waals surface area contributed by atoms with Gasteiger partial charge >= 0.3 is 6.03 Å². The number of carbonyl (C=O) groups excluding carboxylic acids is 3. The first-order valence-corrected chi connectivity index (χ1v) is 13.4. The summed E-state index contributed by atoms with van der Waals surface area (Å²) in [5, 5.41) is 4.59. The Labute approximate surface area is 228 Å². The van der Waals surface area contributed by atoms with Crippen LogP contribution in [-0.2, 0) is 22.6 Å². The van der Waals surface area contributed by atoms with Gasteiger partial charge in [0.2, 0.25) is 0 Å².